The van der Waals surface area contributed by atoms with Crippen LogP contribution in [0.4, 0.5) is 0 Å². The molecule has 1 aromatic rings. The molecule has 12 heavy (non-hydrogen) atoms. The minimum atomic E-state index is 0.306. The molecular formula is C9H11N3. The fourth-order valence-electron chi connectivity index (χ4n) is 1.25. The van der Waals surface area contributed by atoms with Crippen molar-refractivity contribution >= 4 is 0 Å². The maximum atomic E-state index is 4.07. The maximum Gasteiger partial charge on any atom is 0.0655 e. The molecule has 1 aromatic heterocycles. The van der Waals surface area contributed by atoms with Crippen LogP contribution in [0.1, 0.15) is 11.6 Å². The van der Waals surface area contributed by atoms with Crippen LogP contribution in [0.3, 0.4) is 0 Å². The van der Waals surface area contributed by atoms with Crippen LogP contribution in [0.25, 0.3) is 0 Å². The predicted octanol–water partition coefficient (Wildman–Crippen LogP) is 0.787. The number of nitrogens with zero attached hydrogens (tertiary/aromatic N) is 1. The van der Waals surface area contributed by atoms with E-state index >= 15 is 0 Å². The Hall–Kier alpha value is -1.35. The molecule has 0 bridgehead atoms. The molecule has 0 spiro atoms. The minimum absolute atomic E-state index is 0.306. The standard InChI is InChI=1S/C9H11N3/c1-2-8(6-10-4-1)9-3-5-11-7-12-9/h1-6,9,11-12H,7H2. The van der Waals surface area contributed by atoms with Crippen molar-refractivity contribution in [2.24, 2.45) is 0 Å². The van der Waals surface area contributed by atoms with Gasteiger partial charge >= 0.3 is 0 Å². The van der Waals surface area contributed by atoms with Crippen LogP contribution in [-0.2, 0) is 0 Å². The summed E-state index contributed by atoms with van der Waals surface area (Å²) in [6.07, 6.45) is 7.72. The van der Waals surface area contributed by atoms with E-state index < -0.39 is 0 Å². The third kappa shape index (κ3) is 1.46. The zero-order chi connectivity index (χ0) is 8.23. The Morgan fingerprint density at radius 3 is 3.17 bits per heavy atom. The van der Waals surface area contributed by atoms with Crippen LogP contribution < -0.4 is 10.6 Å². The van der Waals surface area contributed by atoms with Crippen LogP contribution in [0, 0.1) is 0 Å². The lowest BCUT2D eigenvalue weighted by molar-refractivity contribution is 0.562. The average Bonchev–Trinajstić information content (AvgIpc) is 2.21. The van der Waals surface area contributed by atoms with Crippen LogP contribution in [0.2, 0.25) is 0 Å². The van der Waals surface area contributed by atoms with E-state index in [1.165, 1.54) is 5.56 Å². The molecule has 1 aliphatic heterocycles. The van der Waals surface area contributed by atoms with Crippen LogP contribution in [-0.4, -0.2) is 11.7 Å². The number of aromatic nitrogens is 1. The molecule has 0 amide bonds. The summed E-state index contributed by atoms with van der Waals surface area (Å²) in [5.41, 5.74) is 1.20. The van der Waals surface area contributed by atoms with Crippen LogP contribution in [0.15, 0.2) is 36.8 Å². The quantitative estimate of drug-likeness (QED) is 0.639. The number of pyridine rings is 1. The van der Waals surface area contributed by atoms with Crippen LogP contribution >= 0.6 is 0 Å². The van der Waals surface area contributed by atoms with E-state index in [-0.39, 0.29) is 0 Å². The highest BCUT2D eigenvalue weighted by atomic mass is 15.1. The summed E-state index contributed by atoms with van der Waals surface area (Å²) in [5.74, 6) is 0. The predicted molar refractivity (Wildman–Crippen MR) is 47.3 cm³/mol. The molecule has 3 heteroatoms. The summed E-state index contributed by atoms with van der Waals surface area (Å²) in [7, 11) is 0. The highest BCUT2D eigenvalue weighted by Crippen LogP contribution is 2.12. The van der Waals surface area contributed by atoms with E-state index in [1.807, 2.05) is 18.5 Å². The van der Waals surface area contributed by atoms with Crippen molar-refractivity contribution < 1.29 is 0 Å². The fourth-order valence-corrected chi connectivity index (χ4v) is 1.25. The van der Waals surface area contributed by atoms with Gasteiger partial charge in [-0.15, -0.1) is 0 Å². The molecule has 2 heterocycles. The first-order valence-corrected chi connectivity index (χ1v) is 4.00. The van der Waals surface area contributed by atoms with Crippen LogP contribution in [0.5, 0.6) is 0 Å². The third-order valence-electron chi connectivity index (χ3n) is 1.87. The minimum Gasteiger partial charge on any atom is -0.379 e. The zero-order valence-corrected chi connectivity index (χ0v) is 6.70. The highest BCUT2D eigenvalue weighted by molar-refractivity contribution is 5.19. The first-order chi connectivity index (χ1) is 5.97. The fraction of sp³-hybridized carbons (Fsp3) is 0.222. The molecule has 0 aliphatic carbocycles. The second-order valence-corrected chi connectivity index (χ2v) is 2.71. The lowest BCUT2D eigenvalue weighted by atomic mass is 10.1. The SMILES string of the molecule is C1=CC(c2cccnc2)NCN1. The van der Waals surface area contributed by atoms with Gasteiger partial charge in [-0.2, -0.15) is 0 Å². The Balaban J connectivity index is 2.19. The van der Waals surface area contributed by atoms with Gasteiger partial charge in [0.1, 0.15) is 0 Å². The van der Waals surface area contributed by atoms with Gasteiger partial charge in [-0.3, -0.25) is 10.3 Å². The van der Waals surface area contributed by atoms with Gasteiger partial charge in [-0.25, -0.2) is 0 Å². The zero-order valence-electron chi connectivity index (χ0n) is 6.70. The Morgan fingerprint density at radius 1 is 1.50 bits per heavy atom. The molecule has 1 unspecified atom stereocenters. The first kappa shape index (κ1) is 7.31. The number of rotatable bonds is 1. The van der Waals surface area contributed by atoms with Gasteiger partial charge in [0, 0.05) is 12.4 Å². The van der Waals surface area contributed by atoms with E-state index in [4.69, 9.17) is 0 Å². The van der Waals surface area contributed by atoms with Crippen molar-refractivity contribution in [3.05, 3.63) is 42.4 Å². The van der Waals surface area contributed by atoms with Crippen molar-refractivity contribution in [1.29, 1.82) is 0 Å². The summed E-state index contributed by atoms with van der Waals surface area (Å²) in [4.78, 5) is 4.07. The van der Waals surface area contributed by atoms with Crippen molar-refractivity contribution in [1.82, 2.24) is 15.6 Å². The summed E-state index contributed by atoms with van der Waals surface area (Å²) in [6, 6.07) is 4.33. The largest absolute Gasteiger partial charge is 0.379 e. The van der Waals surface area contributed by atoms with Gasteiger partial charge in [0.15, 0.2) is 0 Å². The van der Waals surface area contributed by atoms with Gasteiger partial charge in [0.25, 0.3) is 0 Å². The lowest BCUT2D eigenvalue weighted by Crippen LogP contribution is -2.32. The Bertz CT molecular complexity index is 268. The molecule has 0 saturated carbocycles. The molecule has 0 radical (unpaired) electrons. The van der Waals surface area contributed by atoms with Gasteiger partial charge in [-0.1, -0.05) is 6.07 Å². The van der Waals surface area contributed by atoms with E-state index in [0.29, 0.717) is 6.04 Å². The van der Waals surface area contributed by atoms with Gasteiger partial charge in [0.2, 0.25) is 0 Å². The Labute approximate surface area is 71.5 Å². The second kappa shape index (κ2) is 3.36. The average molecular weight is 161 g/mol. The highest BCUT2D eigenvalue weighted by Gasteiger charge is 2.08. The molecular weight excluding hydrogens is 150 g/mol. The summed E-state index contributed by atoms with van der Waals surface area (Å²) < 4.78 is 0. The summed E-state index contributed by atoms with van der Waals surface area (Å²) in [5, 5.41) is 6.37. The summed E-state index contributed by atoms with van der Waals surface area (Å²) in [6.45, 7) is 0.816. The molecule has 0 aromatic carbocycles. The van der Waals surface area contributed by atoms with Crippen molar-refractivity contribution in [3.8, 4) is 0 Å². The monoisotopic (exact) mass is 161 g/mol. The molecule has 2 rings (SSSR count). The molecule has 0 saturated heterocycles. The van der Waals surface area contributed by atoms with E-state index in [1.54, 1.807) is 6.20 Å². The molecule has 62 valence electrons. The Morgan fingerprint density at radius 2 is 2.50 bits per heavy atom. The van der Waals surface area contributed by atoms with Crippen molar-refractivity contribution in [2.45, 2.75) is 6.04 Å². The summed E-state index contributed by atoms with van der Waals surface area (Å²) >= 11 is 0. The lowest BCUT2D eigenvalue weighted by Gasteiger charge is -2.19. The second-order valence-electron chi connectivity index (χ2n) is 2.71. The van der Waals surface area contributed by atoms with Gasteiger partial charge < -0.3 is 5.32 Å². The Kier molecular flexibility index (Phi) is 2.05. The molecule has 1 aliphatic rings. The first-order valence-electron chi connectivity index (χ1n) is 4.00. The van der Waals surface area contributed by atoms with Crippen molar-refractivity contribution in [2.75, 3.05) is 6.67 Å². The van der Waals surface area contributed by atoms with Gasteiger partial charge in [-0.05, 0) is 23.9 Å². The normalized spacial score (nSPS) is 21.8. The molecule has 0 fully saturated rings. The number of hydrogen-bond donors (Lipinski definition) is 2. The van der Waals surface area contributed by atoms with E-state index in [2.05, 4.69) is 27.8 Å². The molecule has 2 N–H and O–H groups in total. The molecule has 1 atom stereocenters. The topological polar surface area (TPSA) is 37.0 Å². The van der Waals surface area contributed by atoms with Crippen molar-refractivity contribution in [3.63, 3.8) is 0 Å². The maximum absolute atomic E-state index is 4.07. The number of nitrogens with one attached hydrogen (secondary N) is 2. The third-order valence-corrected chi connectivity index (χ3v) is 1.87. The van der Waals surface area contributed by atoms with Gasteiger partial charge in [0.05, 0.1) is 12.7 Å². The molecule has 3 nitrogen and oxygen atoms in total. The smallest absolute Gasteiger partial charge is 0.0655 e. The van der Waals surface area contributed by atoms with E-state index in [9.17, 15) is 0 Å². The number of hydrogen-bond acceptors (Lipinski definition) is 3. The van der Waals surface area contributed by atoms with E-state index in [0.717, 1.165) is 6.67 Å².